The molecule has 2 heterocycles. The van der Waals surface area contributed by atoms with E-state index in [1.807, 2.05) is 49.4 Å². The van der Waals surface area contributed by atoms with Crippen LogP contribution in [-0.4, -0.2) is 11.4 Å². The van der Waals surface area contributed by atoms with Gasteiger partial charge in [0.2, 0.25) is 0 Å². The third-order valence-electron chi connectivity index (χ3n) is 5.13. The summed E-state index contributed by atoms with van der Waals surface area (Å²) in [5, 5.41) is 4.15. The molecule has 132 valence electrons. The van der Waals surface area contributed by atoms with E-state index in [9.17, 15) is 4.79 Å². The van der Waals surface area contributed by atoms with Crippen LogP contribution in [0.3, 0.4) is 0 Å². The number of aromatic nitrogens is 1. The lowest BCUT2D eigenvalue weighted by atomic mass is 9.96. The average Bonchev–Trinajstić information content (AvgIpc) is 3.34. The van der Waals surface area contributed by atoms with E-state index in [-0.39, 0.29) is 0 Å². The molecule has 0 unspecified atom stereocenters. The molecule has 0 saturated carbocycles. The van der Waals surface area contributed by atoms with Crippen molar-refractivity contribution in [3.05, 3.63) is 63.4 Å². The third kappa shape index (κ3) is 2.84. The van der Waals surface area contributed by atoms with Crippen molar-refractivity contribution in [1.82, 2.24) is 5.16 Å². The molecule has 0 spiro atoms. The van der Waals surface area contributed by atoms with E-state index < -0.39 is 0 Å². The predicted molar refractivity (Wildman–Crippen MR) is 107 cm³/mol. The number of hydrogen-bond donors (Lipinski definition) is 0. The number of carbonyl (C=O) groups excluding carboxylic acids is 1. The number of benzene rings is 1. The first kappa shape index (κ1) is 17.0. The van der Waals surface area contributed by atoms with Crippen molar-refractivity contribution >= 4 is 28.8 Å². The maximum Gasteiger partial charge on any atom is 0.150 e. The van der Waals surface area contributed by atoms with Gasteiger partial charge in [0.25, 0.3) is 0 Å². The summed E-state index contributed by atoms with van der Waals surface area (Å²) in [7, 11) is 0. The monoisotopic (exact) mass is 363 g/mol. The Balaban J connectivity index is 1.79. The van der Waals surface area contributed by atoms with E-state index in [4.69, 9.17) is 4.52 Å². The SMILES string of the molecule is Cc1noc(C)c1C1=C(c2cc(-c3ccc(C=O)cc3)sc2C)CCC1. The molecule has 3 aromatic rings. The molecule has 0 fully saturated rings. The minimum absolute atomic E-state index is 0.710. The normalized spacial score (nSPS) is 14.3. The quantitative estimate of drug-likeness (QED) is 0.516. The van der Waals surface area contributed by atoms with E-state index >= 15 is 0 Å². The molecule has 1 aliphatic carbocycles. The molecule has 26 heavy (non-hydrogen) atoms. The molecule has 4 rings (SSSR count). The van der Waals surface area contributed by atoms with Crippen LogP contribution in [0, 0.1) is 20.8 Å². The molecule has 1 aliphatic rings. The lowest BCUT2D eigenvalue weighted by molar-refractivity contribution is 0.112. The van der Waals surface area contributed by atoms with Crippen LogP contribution in [-0.2, 0) is 0 Å². The summed E-state index contributed by atoms with van der Waals surface area (Å²) in [6.07, 6.45) is 4.23. The second-order valence-electron chi connectivity index (χ2n) is 6.83. The average molecular weight is 363 g/mol. The summed E-state index contributed by atoms with van der Waals surface area (Å²) >= 11 is 1.81. The highest BCUT2D eigenvalue weighted by atomic mass is 32.1. The first-order chi connectivity index (χ1) is 12.6. The molecular weight excluding hydrogens is 342 g/mol. The first-order valence-corrected chi connectivity index (χ1v) is 9.72. The molecule has 0 saturated heterocycles. The van der Waals surface area contributed by atoms with Crippen molar-refractivity contribution in [1.29, 1.82) is 0 Å². The highest BCUT2D eigenvalue weighted by molar-refractivity contribution is 7.15. The summed E-state index contributed by atoms with van der Waals surface area (Å²) in [6, 6.07) is 10.1. The molecule has 0 atom stereocenters. The van der Waals surface area contributed by atoms with E-state index in [0.29, 0.717) is 5.56 Å². The Bertz CT molecular complexity index is 986. The molecule has 3 nitrogen and oxygen atoms in total. The van der Waals surface area contributed by atoms with Gasteiger partial charge in [-0.05, 0) is 68.4 Å². The number of aryl methyl sites for hydroxylation is 3. The van der Waals surface area contributed by atoms with Gasteiger partial charge in [-0.25, -0.2) is 0 Å². The maximum atomic E-state index is 10.9. The van der Waals surface area contributed by atoms with Gasteiger partial charge in [-0.1, -0.05) is 29.4 Å². The van der Waals surface area contributed by atoms with Gasteiger partial charge >= 0.3 is 0 Å². The van der Waals surface area contributed by atoms with Crippen molar-refractivity contribution in [3.8, 4) is 10.4 Å². The number of carbonyl (C=O) groups is 1. The van der Waals surface area contributed by atoms with Gasteiger partial charge in [0.05, 0.1) is 5.69 Å². The van der Waals surface area contributed by atoms with Crippen molar-refractivity contribution in [3.63, 3.8) is 0 Å². The number of hydrogen-bond acceptors (Lipinski definition) is 4. The van der Waals surface area contributed by atoms with Crippen LogP contribution >= 0.6 is 11.3 Å². The summed E-state index contributed by atoms with van der Waals surface area (Å²) in [5.41, 5.74) is 8.22. The van der Waals surface area contributed by atoms with Crippen molar-refractivity contribution < 1.29 is 9.32 Å². The Hall–Kier alpha value is -2.46. The van der Waals surface area contributed by atoms with Gasteiger partial charge in [0.15, 0.2) is 0 Å². The number of allylic oxidation sites excluding steroid dienone is 2. The fourth-order valence-corrected chi connectivity index (χ4v) is 4.93. The van der Waals surface area contributed by atoms with Crippen LogP contribution < -0.4 is 0 Å². The minimum Gasteiger partial charge on any atom is -0.361 e. The number of nitrogens with zero attached hydrogens (tertiary/aromatic N) is 1. The van der Waals surface area contributed by atoms with Gasteiger partial charge in [-0.15, -0.1) is 11.3 Å². The summed E-state index contributed by atoms with van der Waals surface area (Å²) in [5.74, 6) is 0.912. The Labute approximate surface area is 157 Å². The Morgan fingerprint density at radius 3 is 2.46 bits per heavy atom. The highest BCUT2D eigenvalue weighted by Gasteiger charge is 2.25. The van der Waals surface area contributed by atoms with Crippen LogP contribution in [0.4, 0.5) is 0 Å². The van der Waals surface area contributed by atoms with Crippen LogP contribution in [0.1, 0.15) is 57.1 Å². The van der Waals surface area contributed by atoms with Crippen molar-refractivity contribution in [2.45, 2.75) is 40.0 Å². The molecule has 2 aromatic heterocycles. The molecule has 0 amide bonds. The zero-order chi connectivity index (χ0) is 18.3. The van der Waals surface area contributed by atoms with Crippen LogP contribution in [0.2, 0.25) is 0 Å². The lowest BCUT2D eigenvalue weighted by Gasteiger charge is -2.07. The maximum absolute atomic E-state index is 10.9. The van der Waals surface area contributed by atoms with E-state index in [0.717, 1.165) is 36.1 Å². The van der Waals surface area contributed by atoms with Crippen molar-refractivity contribution in [2.24, 2.45) is 0 Å². The number of aldehydes is 1. The van der Waals surface area contributed by atoms with E-state index in [1.54, 1.807) is 0 Å². The van der Waals surface area contributed by atoms with Gasteiger partial charge in [-0.2, -0.15) is 0 Å². The van der Waals surface area contributed by atoms with E-state index in [2.05, 4.69) is 18.1 Å². The molecule has 1 aromatic carbocycles. The highest BCUT2D eigenvalue weighted by Crippen LogP contribution is 2.45. The van der Waals surface area contributed by atoms with Crippen LogP contribution in [0.25, 0.3) is 21.6 Å². The van der Waals surface area contributed by atoms with Gasteiger partial charge in [0.1, 0.15) is 12.0 Å². The molecule has 0 N–H and O–H groups in total. The second-order valence-corrected chi connectivity index (χ2v) is 8.09. The Morgan fingerprint density at radius 1 is 1.08 bits per heavy atom. The van der Waals surface area contributed by atoms with Gasteiger partial charge < -0.3 is 4.52 Å². The van der Waals surface area contributed by atoms with Crippen LogP contribution in [0.5, 0.6) is 0 Å². The summed E-state index contributed by atoms with van der Waals surface area (Å²) in [6.45, 7) is 6.22. The number of thiophene rings is 1. The standard InChI is InChI=1S/C22H21NO2S/c1-13-22(14(2)25-23-13)19-6-4-5-18(19)20-11-21(26-15(20)3)17-9-7-16(12-24)8-10-17/h7-12H,4-6H2,1-3H3. The molecule has 0 radical (unpaired) electrons. The van der Waals surface area contributed by atoms with Crippen LogP contribution in [0.15, 0.2) is 34.9 Å². The molecule has 0 aliphatic heterocycles. The molecule has 4 heteroatoms. The van der Waals surface area contributed by atoms with Crippen molar-refractivity contribution in [2.75, 3.05) is 0 Å². The van der Waals surface area contributed by atoms with Gasteiger partial charge in [-0.3, -0.25) is 4.79 Å². The summed E-state index contributed by atoms with van der Waals surface area (Å²) < 4.78 is 5.41. The minimum atomic E-state index is 0.710. The zero-order valence-corrected chi connectivity index (χ0v) is 16.1. The smallest absolute Gasteiger partial charge is 0.150 e. The predicted octanol–water partition coefficient (Wildman–Crippen LogP) is 6.24. The second kappa shape index (κ2) is 6.69. The van der Waals surface area contributed by atoms with E-state index in [1.165, 1.54) is 38.4 Å². The fourth-order valence-electron chi connectivity index (χ4n) is 3.88. The van der Waals surface area contributed by atoms with Gasteiger partial charge in [0, 0.05) is 20.9 Å². The Kier molecular flexibility index (Phi) is 4.37. The summed E-state index contributed by atoms with van der Waals surface area (Å²) in [4.78, 5) is 13.5. The largest absolute Gasteiger partial charge is 0.361 e. The molecular formula is C22H21NO2S. The zero-order valence-electron chi connectivity index (χ0n) is 15.3. The topological polar surface area (TPSA) is 43.1 Å². The lowest BCUT2D eigenvalue weighted by Crippen LogP contribution is -1.89. The first-order valence-electron chi connectivity index (χ1n) is 8.90. The number of rotatable bonds is 4. The third-order valence-corrected chi connectivity index (χ3v) is 6.23. The Morgan fingerprint density at radius 2 is 1.81 bits per heavy atom. The molecule has 0 bridgehead atoms. The fraction of sp³-hybridized carbons (Fsp3) is 0.273.